The number of aromatic hydroxyl groups is 1. The maximum Gasteiger partial charge on any atom is 0.329 e. The molecule has 0 aliphatic heterocycles. The average Bonchev–Trinajstić information content (AvgIpc) is 2.15. The fourth-order valence-corrected chi connectivity index (χ4v) is 0.839. The minimum absolute atomic E-state index is 0.0498. The van der Waals surface area contributed by atoms with Gasteiger partial charge in [0, 0.05) is 6.92 Å². The molecule has 0 unspecified atom stereocenters. The summed E-state index contributed by atoms with van der Waals surface area (Å²) in [5, 5.41) is 9.24. The molecule has 0 saturated carbocycles. The van der Waals surface area contributed by atoms with Crippen LogP contribution in [-0.4, -0.2) is 17.0 Å². The van der Waals surface area contributed by atoms with Gasteiger partial charge in [-0.25, -0.2) is 0 Å². The molecule has 1 aromatic carbocycles. The van der Waals surface area contributed by atoms with E-state index in [4.69, 9.17) is 0 Å². The molecule has 0 aliphatic carbocycles. The number of nitrogens with one attached hydrogen (secondary N) is 1. The SMILES string of the molecule is CC(=O)ONC(=O)c1ccccc1O. The molecule has 1 amide bonds. The second-order valence-electron chi connectivity index (χ2n) is 2.54. The van der Waals surface area contributed by atoms with Crippen LogP contribution in [0.15, 0.2) is 24.3 Å². The van der Waals surface area contributed by atoms with Gasteiger partial charge in [-0.15, -0.1) is 0 Å². The van der Waals surface area contributed by atoms with Gasteiger partial charge >= 0.3 is 5.97 Å². The number of phenols is 1. The van der Waals surface area contributed by atoms with E-state index in [2.05, 4.69) is 4.84 Å². The van der Waals surface area contributed by atoms with E-state index < -0.39 is 11.9 Å². The normalized spacial score (nSPS) is 9.21. The molecule has 0 radical (unpaired) electrons. The summed E-state index contributed by atoms with van der Waals surface area (Å²) in [6, 6.07) is 5.94. The van der Waals surface area contributed by atoms with Gasteiger partial charge in [0.25, 0.3) is 5.91 Å². The minimum Gasteiger partial charge on any atom is -0.507 e. The summed E-state index contributed by atoms with van der Waals surface area (Å²) in [5.41, 5.74) is 1.94. The molecular formula is C9H9NO4. The van der Waals surface area contributed by atoms with E-state index in [0.717, 1.165) is 6.92 Å². The number of phenolic OH excluding ortho intramolecular Hbond substituents is 1. The Morgan fingerprint density at radius 2 is 2.00 bits per heavy atom. The Labute approximate surface area is 80.3 Å². The first-order valence-corrected chi connectivity index (χ1v) is 3.87. The Balaban J connectivity index is 2.70. The van der Waals surface area contributed by atoms with Crippen LogP contribution in [0.5, 0.6) is 5.75 Å². The highest BCUT2D eigenvalue weighted by molar-refractivity contribution is 5.96. The molecule has 1 rings (SSSR count). The minimum atomic E-state index is -0.668. The molecular weight excluding hydrogens is 186 g/mol. The molecule has 1 aromatic rings. The van der Waals surface area contributed by atoms with Gasteiger partial charge in [0.2, 0.25) is 0 Å². The fourth-order valence-electron chi connectivity index (χ4n) is 0.839. The number of benzene rings is 1. The molecule has 0 fully saturated rings. The maximum absolute atomic E-state index is 11.2. The van der Waals surface area contributed by atoms with Crippen LogP contribution in [0.1, 0.15) is 17.3 Å². The second kappa shape index (κ2) is 4.27. The van der Waals surface area contributed by atoms with Crippen LogP contribution in [0.3, 0.4) is 0 Å². The lowest BCUT2D eigenvalue weighted by Gasteiger charge is -2.04. The van der Waals surface area contributed by atoms with Crippen LogP contribution in [0.4, 0.5) is 0 Å². The van der Waals surface area contributed by atoms with Crippen LogP contribution in [0, 0.1) is 0 Å². The first-order chi connectivity index (χ1) is 6.61. The topological polar surface area (TPSA) is 75.6 Å². The predicted octanol–water partition coefficient (Wildman–Crippen LogP) is 0.600. The van der Waals surface area contributed by atoms with Crippen LogP contribution in [0.2, 0.25) is 0 Å². The summed E-state index contributed by atoms with van der Waals surface area (Å²) in [6.07, 6.45) is 0. The van der Waals surface area contributed by atoms with Gasteiger partial charge in [0.1, 0.15) is 5.75 Å². The summed E-state index contributed by atoms with van der Waals surface area (Å²) < 4.78 is 0. The van der Waals surface area contributed by atoms with Crippen molar-refractivity contribution in [3.63, 3.8) is 0 Å². The smallest absolute Gasteiger partial charge is 0.329 e. The zero-order valence-electron chi connectivity index (χ0n) is 7.48. The Bertz CT molecular complexity index is 362. The van der Waals surface area contributed by atoms with E-state index >= 15 is 0 Å². The second-order valence-corrected chi connectivity index (χ2v) is 2.54. The van der Waals surface area contributed by atoms with Crippen LogP contribution >= 0.6 is 0 Å². The van der Waals surface area contributed by atoms with Crippen molar-refractivity contribution >= 4 is 11.9 Å². The van der Waals surface area contributed by atoms with Crippen LogP contribution < -0.4 is 5.48 Å². The Morgan fingerprint density at radius 3 is 2.57 bits per heavy atom. The molecule has 0 spiro atoms. The monoisotopic (exact) mass is 195 g/mol. The van der Waals surface area contributed by atoms with E-state index in [1.165, 1.54) is 12.1 Å². The van der Waals surface area contributed by atoms with E-state index in [1.807, 2.05) is 5.48 Å². The summed E-state index contributed by atoms with van der Waals surface area (Å²) in [5.74, 6) is -1.47. The largest absolute Gasteiger partial charge is 0.507 e. The number of carbonyl (C=O) groups excluding carboxylic acids is 2. The molecule has 0 aromatic heterocycles. The zero-order valence-corrected chi connectivity index (χ0v) is 7.48. The summed E-state index contributed by atoms with van der Waals surface area (Å²) in [4.78, 5) is 25.9. The van der Waals surface area contributed by atoms with Crippen molar-refractivity contribution in [2.75, 3.05) is 0 Å². The molecule has 2 N–H and O–H groups in total. The first-order valence-electron chi connectivity index (χ1n) is 3.87. The van der Waals surface area contributed by atoms with Crippen molar-refractivity contribution in [3.05, 3.63) is 29.8 Å². The van der Waals surface area contributed by atoms with E-state index in [-0.39, 0.29) is 11.3 Å². The number of amides is 1. The van der Waals surface area contributed by atoms with Gasteiger partial charge in [-0.2, -0.15) is 5.48 Å². The number of para-hydroxylation sites is 1. The van der Waals surface area contributed by atoms with Crippen molar-refractivity contribution in [2.45, 2.75) is 6.92 Å². The van der Waals surface area contributed by atoms with E-state index in [9.17, 15) is 14.7 Å². The van der Waals surface area contributed by atoms with Gasteiger partial charge in [-0.05, 0) is 12.1 Å². The van der Waals surface area contributed by atoms with Crippen molar-refractivity contribution in [3.8, 4) is 5.75 Å². The standard InChI is InChI=1S/C9H9NO4/c1-6(11)14-10-9(13)7-4-2-3-5-8(7)12/h2-5,12H,1H3,(H,10,13). The predicted molar refractivity (Wildman–Crippen MR) is 47.3 cm³/mol. The Hall–Kier alpha value is -2.04. The van der Waals surface area contributed by atoms with Crippen molar-refractivity contribution in [2.24, 2.45) is 0 Å². The molecule has 0 atom stereocenters. The number of hydrogen-bond acceptors (Lipinski definition) is 4. The van der Waals surface area contributed by atoms with Gasteiger partial charge in [-0.1, -0.05) is 12.1 Å². The van der Waals surface area contributed by atoms with Crippen molar-refractivity contribution in [1.82, 2.24) is 5.48 Å². The molecule has 0 aliphatic rings. The van der Waals surface area contributed by atoms with Crippen LogP contribution in [0.25, 0.3) is 0 Å². The number of carbonyl (C=O) groups is 2. The third kappa shape index (κ3) is 2.48. The van der Waals surface area contributed by atoms with Crippen molar-refractivity contribution in [1.29, 1.82) is 0 Å². The average molecular weight is 195 g/mol. The highest BCUT2D eigenvalue weighted by Gasteiger charge is 2.10. The lowest BCUT2D eigenvalue weighted by molar-refractivity contribution is -0.146. The number of rotatable bonds is 1. The molecule has 14 heavy (non-hydrogen) atoms. The zero-order chi connectivity index (χ0) is 10.6. The lowest BCUT2D eigenvalue weighted by Crippen LogP contribution is -2.25. The fraction of sp³-hybridized carbons (Fsp3) is 0.111. The summed E-state index contributed by atoms with van der Waals surface area (Å²) in [6.45, 7) is 1.16. The molecule has 5 heteroatoms. The van der Waals surface area contributed by atoms with Gasteiger partial charge in [-0.3, -0.25) is 9.59 Å². The van der Waals surface area contributed by atoms with Gasteiger partial charge < -0.3 is 9.94 Å². The van der Waals surface area contributed by atoms with Crippen LogP contribution in [-0.2, 0) is 9.63 Å². The molecule has 5 nitrogen and oxygen atoms in total. The third-order valence-corrected chi connectivity index (χ3v) is 1.44. The Kier molecular flexibility index (Phi) is 3.06. The number of hydroxylamine groups is 1. The summed E-state index contributed by atoms with van der Waals surface area (Å²) in [7, 11) is 0. The van der Waals surface area contributed by atoms with E-state index in [1.54, 1.807) is 12.1 Å². The van der Waals surface area contributed by atoms with Gasteiger partial charge in [0.15, 0.2) is 0 Å². The third-order valence-electron chi connectivity index (χ3n) is 1.44. The molecule has 0 heterocycles. The molecule has 0 saturated heterocycles. The number of hydrogen-bond donors (Lipinski definition) is 2. The van der Waals surface area contributed by atoms with E-state index in [0.29, 0.717) is 0 Å². The highest BCUT2D eigenvalue weighted by atomic mass is 16.7. The lowest BCUT2D eigenvalue weighted by atomic mass is 10.2. The first kappa shape index (κ1) is 10.0. The quantitative estimate of drug-likeness (QED) is 0.643. The van der Waals surface area contributed by atoms with Crippen molar-refractivity contribution < 1.29 is 19.5 Å². The summed E-state index contributed by atoms with van der Waals surface area (Å²) >= 11 is 0. The Morgan fingerprint density at radius 1 is 1.36 bits per heavy atom. The van der Waals surface area contributed by atoms with Gasteiger partial charge in [0.05, 0.1) is 5.56 Å². The molecule has 0 bridgehead atoms. The highest BCUT2D eigenvalue weighted by Crippen LogP contribution is 2.14. The maximum atomic E-state index is 11.2. The molecule has 74 valence electrons.